The van der Waals surface area contributed by atoms with Gasteiger partial charge in [0.1, 0.15) is 0 Å². The second-order valence-electron chi connectivity index (χ2n) is 1.15. The van der Waals surface area contributed by atoms with E-state index < -0.39 is 12.0 Å². The van der Waals surface area contributed by atoms with E-state index in [1.54, 1.807) is 0 Å². The number of amides is 2. The Morgan fingerprint density at radius 2 is 1.70 bits per heavy atom. The van der Waals surface area contributed by atoms with E-state index in [9.17, 15) is 0 Å². The number of carbonyl (C=O) groups is 1. The minimum atomic E-state index is -0.836. The smallest absolute Gasteiger partial charge is 0.309 e. The molecule has 0 heterocycles. The van der Waals surface area contributed by atoms with E-state index in [1.807, 2.05) is 0 Å². The van der Waals surface area contributed by atoms with Crippen LogP contribution in [-0.2, 0) is 0 Å². The van der Waals surface area contributed by atoms with Gasteiger partial charge in [-0.1, -0.05) is 0 Å². The predicted molar refractivity (Wildman–Crippen MR) is 34.2 cm³/mol. The molecule has 0 aromatic rings. The van der Waals surface area contributed by atoms with Crippen LogP contribution in [0.15, 0.2) is 12.0 Å². The van der Waals surface area contributed by atoms with Crippen molar-refractivity contribution in [3.05, 3.63) is 12.0 Å². The van der Waals surface area contributed by atoms with Gasteiger partial charge >= 0.3 is 6.03 Å². The molecule has 0 unspecified atom stereocenters. The number of hydrogen-bond donors (Lipinski definition) is 5. The van der Waals surface area contributed by atoms with Crippen LogP contribution in [0.5, 0.6) is 0 Å². The molecule has 2 amide bonds. The summed E-state index contributed by atoms with van der Waals surface area (Å²) in [6, 6.07) is -0.833. The first-order valence-corrected chi connectivity index (χ1v) is 2.24. The number of urea groups is 1. The molecule has 0 radical (unpaired) electrons. The fraction of sp³-hybridized carbons (Fsp3) is 0.250. The van der Waals surface area contributed by atoms with Gasteiger partial charge in [0.2, 0.25) is 0 Å². The Hall–Kier alpha value is -1.43. The molecule has 0 aliphatic heterocycles. The molecule has 10 heavy (non-hydrogen) atoms. The standard InChI is InChI=1S/C3H6O3.CH4N2O/c4-2-1-3(5)6;2-1(3)4/h1,4-6H,2H2;(H4,2,3,4). The number of carbonyl (C=O) groups excluding carboxylic acids is 1. The van der Waals surface area contributed by atoms with Crippen molar-refractivity contribution in [3.8, 4) is 0 Å². The molecule has 7 N–H and O–H groups in total. The summed E-state index contributed by atoms with van der Waals surface area (Å²) in [6.45, 7) is -0.331. The molecule has 0 saturated heterocycles. The molecule has 6 heteroatoms. The number of aliphatic hydroxyl groups is 3. The van der Waals surface area contributed by atoms with Gasteiger partial charge in [-0.15, -0.1) is 0 Å². The van der Waals surface area contributed by atoms with Gasteiger partial charge in [-0.3, -0.25) is 0 Å². The highest BCUT2D eigenvalue weighted by molar-refractivity contribution is 5.69. The van der Waals surface area contributed by atoms with Crippen molar-refractivity contribution in [2.75, 3.05) is 6.61 Å². The van der Waals surface area contributed by atoms with Crippen molar-refractivity contribution in [3.63, 3.8) is 0 Å². The molecule has 60 valence electrons. The molecule has 0 fully saturated rings. The number of hydrogen-bond acceptors (Lipinski definition) is 4. The van der Waals surface area contributed by atoms with Crippen LogP contribution in [0.4, 0.5) is 4.79 Å². The van der Waals surface area contributed by atoms with E-state index in [1.165, 1.54) is 0 Å². The molecular weight excluding hydrogens is 140 g/mol. The predicted octanol–water partition coefficient (Wildman–Crippen LogP) is -1.04. The number of primary amides is 2. The van der Waals surface area contributed by atoms with Crippen molar-refractivity contribution in [2.24, 2.45) is 11.5 Å². The van der Waals surface area contributed by atoms with Gasteiger partial charge in [0.05, 0.1) is 6.61 Å². The lowest BCUT2D eigenvalue weighted by atomic mass is 10.7. The lowest BCUT2D eigenvalue weighted by Gasteiger charge is -1.79. The lowest BCUT2D eigenvalue weighted by molar-refractivity contribution is 0.183. The first-order valence-electron chi connectivity index (χ1n) is 2.24. The van der Waals surface area contributed by atoms with Crippen LogP contribution in [0.3, 0.4) is 0 Å². The van der Waals surface area contributed by atoms with Gasteiger partial charge in [0.25, 0.3) is 5.95 Å². The molecule has 0 aromatic heterocycles. The number of rotatable bonds is 1. The third kappa shape index (κ3) is 82.7. The fourth-order valence-electron chi connectivity index (χ4n) is 0.0816. The number of aliphatic hydroxyl groups excluding tert-OH is 2. The molecule has 0 bridgehead atoms. The highest BCUT2D eigenvalue weighted by Crippen LogP contribution is 1.73. The van der Waals surface area contributed by atoms with E-state index in [0.717, 1.165) is 6.08 Å². The second kappa shape index (κ2) is 7.57. The minimum absolute atomic E-state index is 0.331. The maximum atomic E-state index is 9.00. The highest BCUT2D eigenvalue weighted by atomic mass is 16.5. The van der Waals surface area contributed by atoms with Crippen LogP contribution in [0, 0.1) is 0 Å². The van der Waals surface area contributed by atoms with Crippen molar-refractivity contribution in [1.82, 2.24) is 0 Å². The third-order valence-electron chi connectivity index (χ3n) is 0.274. The van der Waals surface area contributed by atoms with Crippen LogP contribution >= 0.6 is 0 Å². The van der Waals surface area contributed by atoms with E-state index in [0.29, 0.717) is 0 Å². The normalized spacial score (nSPS) is 6.90. The average molecular weight is 150 g/mol. The fourth-order valence-corrected chi connectivity index (χ4v) is 0.0816. The van der Waals surface area contributed by atoms with E-state index >= 15 is 0 Å². The third-order valence-corrected chi connectivity index (χ3v) is 0.274. The molecule has 0 aromatic carbocycles. The van der Waals surface area contributed by atoms with Crippen LogP contribution < -0.4 is 11.5 Å². The SMILES string of the molecule is NC(N)=O.OCC=C(O)O. The van der Waals surface area contributed by atoms with Gasteiger partial charge in [0, 0.05) is 6.08 Å². The summed E-state index contributed by atoms with van der Waals surface area (Å²) in [5.74, 6) is -0.836. The van der Waals surface area contributed by atoms with Crippen LogP contribution in [0.25, 0.3) is 0 Å². The Kier molecular flexibility index (Phi) is 8.61. The molecule has 0 aliphatic rings. The van der Waals surface area contributed by atoms with Crippen LogP contribution in [0.1, 0.15) is 0 Å². The zero-order chi connectivity index (χ0) is 8.57. The summed E-state index contributed by atoms with van der Waals surface area (Å²) in [6.07, 6.45) is 0.875. The molecule has 0 atom stereocenters. The molecule has 0 spiro atoms. The summed E-state index contributed by atoms with van der Waals surface area (Å²) < 4.78 is 0. The van der Waals surface area contributed by atoms with Gasteiger partial charge in [-0.05, 0) is 0 Å². The van der Waals surface area contributed by atoms with Crippen molar-refractivity contribution < 1.29 is 20.1 Å². The summed E-state index contributed by atoms with van der Waals surface area (Å²) >= 11 is 0. The zero-order valence-corrected chi connectivity index (χ0v) is 5.19. The summed E-state index contributed by atoms with van der Waals surface area (Å²) in [4.78, 5) is 9.00. The first-order chi connectivity index (χ1) is 4.50. The van der Waals surface area contributed by atoms with Gasteiger partial charge in [-0.2, -0.15) is 0 Å². The van der Waals surface area contributed by atoms with Gasteiger partial charge in [-0.25, -0.2) is 4.79 Å². The lowest BCUT2D eigenvalue weighted by Crippen LogP contribution is -2.18. The molecule has 0 aliphatic carbocycles. The number of nitrogens with two attached hydrogens (primary N) is 2. The Bertz CT molecular complexity index is 114. The summed E-state index contributed by atoms with van der Waals surface area (Å²) in [7, 11) is 0. The molecule has 6 nitrogen and oxygen atoms in total. The molecular formula is C4H10N2O4. The minimum Gasteiger partial charge on any atom is -0.481 e. The Morgan fingerprint density at radius 3 is 1.70 bits per heavy atom. The maximum absolute atomic E-state index is 9.00. The molecule has 0 rings (SSSR count). The van der Waals surface area contributed by atoms with E-state index in [2.05, 4.69) is 11.5 Å². The second-order valence-corrected chi connectivity index (χ2v) is 1.15. The zero-order valence-electron chi connectivity index (χ0n) is 5.19. The van der Waals surface area contributed by atoms with E-state index in [4.69, 9.17) is 20.1 Å². The summed E-state index contributed by atoms with van der Waals surface area (Å²) in [5.41, 5.74) is 8.50. The van der Waals surface area contributed by atoms with E-state index in [-0.39, 0.29) is 6.61 Å². The Morgan fingerprint density at radius 1 is 1.40 bits per heavy atom. The monoisotopic (exact) mass is 150 g/mol. The maximum Gasteiger partial charge on any atom is 0.309 e. The van der Waals surface area contributed by atoms with Gasteiger partial charge in [0.15, 0.2) is 0 Å². The average Bonchev–Trinajstić information content (AvgIpc) is 1.62. The van der Waals surface area contributed by atoms with Crippen LogP contribution in [0.2, 0.25) is 0 Å². The highest BCUT2D eigenvalue weighted by Gasteiger charge is 1.74. The van der Waals surface area contributed by atoms with Gasteiger partial charge < -0.3 is 26.8 Å². The topological polar surface area (TPSA) is 130 Å². The first kappa shape index (κ1) is 11.4. The van der Waals surface area contributed by atoms with Crippen LogP contribution in [-0.4, -0.2) is 28.0 Å². The Balaban J connectivity index is 0. The Labute approximate surface area is 57.4 Å². The van der Waals surface area contributed by atoms with Crippen molar-refractivity contribution in [2.45, 2.75) is 0 Å². The van der Waals surface area contributed by atoms with Crippen molar-refractivity contribution in [1.29, 1.82) is 0 Å². The quantitative estimate of drug-likeness (QED) is 0.305. The van der Waals surface area contributed by atoms with Crippen molar-refractivity contribution >= 4 is 6.03 Å². The summed E-state index contributed by atoms with van der Waals surface area (Å²) in [5, 5.41) is 23.5. The largest absolute Gasteiger partial charge is 0.481 e. The molecule has 0 saturated carbocycles.